The lowest BCUT2D eigenvalue weighted by Gasteiger charge is -2.27. The molecule has 2 rings (SSSR count). The molecule has 1 aliphatic heterocycles. The Bertz CT molecular complexity index is 271. The summed E-state index contributed by atoms with van der Waals surface area (Å²) in [6, 6.07) is 8.22. The van der Waals surface area contributed by atoms with Gasteiger partial charge in [0.05, 0.1) is 19.3 Å². The molecule has 0 aromatic heterocycles. The molecule has 0 unspecified atom stereocenters. The molecule has 1 aliphatic rings. The van der Waals surface area contributed by atoms with Crippen molar-refractivity contribution >= 4 is 11.4 Å². The van der Waals surface area contributed by atoms with Gasteiger partial charge in [0, 0.05) is 11.4 Å². The number of nitrogens with two attached hydrogens (primary N) is 1. The smallest absolute Gasteiger partial charge is 0.0728 e. The van der Waals surface area contributed by atoms with E-state index in [2.05, 4.69) is 5.32 Å². The van der Waals surface area contributed by atoms with Crippen LogP contribution in [0.5, 0.6) is 0 Å². The average molecular weight is 164 g/mol. The first-order chi connectivity index (χ1) is 5.84. The number of benzene rings is 1. The summed E-state index contributed by atoms with van der Waals surface area (Å²) in [5, 5.41) is 3.31. The van der Waals surface area contributed by atoms with Crippen LogP contribution in [-0.4, -0.2) is 19.3 Å². The summed E-state index contributed by atoms with van der Waals surface area (Å²) < 4.78 is 5.04. The minimum atomic E-state index is 0.465. The van der Waals surface area contributed by atoms with Crippen molar-refractivity contribution < 1.29 is 4.74 Å². The normalized spacial score (nSPS) is 17.0. The van der Waals surface area contributed by atoms with Crippen molar-refractivity contribution in [3.63, 3.8) is 0 Å². The second-order valence-corrected chi connectivity index (χ2v) is 3.00. The van der Waals surface area contributed by atoms with E-state index in [1.165, 1.54) is 0 Å². The lowest BCUT2D eigenvalue weighted by Crippen LogP contribution is -2.40. The molecule has 0 amide bonds. The molecule has 64 valence electrons. The second-order valence-electron chi connectivity index (χ2n) is 3.00. The Morgan fingerprint density at radius 3 is 2.83 bits per heavy atom. The van der Waals surface area contributed by atoms with Gasteiger partial charge in [-0.05, 0) is 18.2 Å². The lowest BCUT2D eigenvalue weighted by molar-refractivity contribution is 0.0211. The number of nitrogen functional groups attached to an aromatic ring is 1. The molecule has 1 saturated heterocycles. The Balaban J connectivity index is 2.02. The fourth-order valence-electron chi connectivity index (χ4n) is 1.18. The molecule has 3 N–H and O–H groups in total. The van der Waals surface area contributed by atoms with Gasteiger partial charge < -0.3 is 15.8 Å². The zero-order valence-electron chi connectivity index (χ0n) is 6.79. The molecule has 1 aromatic carbocycles. The molecule has 1 fully saturated rings. The highest BCUT2D eigenvalue weighted by molar-refractivity contribution is 5.54. The maximum absolute atomic E-state index is 5.62. The monoisotopic (exact) mass is 164 g/mol. The van der Waals surface area contributed by atoms with Gasteiger partial charge in [0.2, 0.25) is 0 Å². The molecule has 0 radical (unpaired) electrons. The largest absolute Gasteiger partial charge is 0.399 e. The average Bonchev–Trinajstić information content (AvgIpc) is 1.97. The highest BCUT2D eigenvalue weighted by Gasteiger charge is 2.17. The Morgan fingerprint density at radius 1 is 1.42 bits per heavy atom. The van der Waals surface area contributed by atoms with Crippen molar-refractivity contribution in [3.8, 4) is 0 Å². The van der Waals surface area contributed by atoms with E-state index in [1.54, 1.807) is 0 Å². The predicted molar refractivity (Wildman–Crippen MR) is 49.1 cm³/mol. The van der Waals surface area contributed by atoms with Crippen molar-refractivity contribution in [2.75, 3.05) is 24.3 Å². The maximum Gasteiger partial charge on any atom is 0.0728 e. The number of rotatable bonds is 2. The third-order valence-corrected chi connectivity index (χ3v) is 1.90. The molecule has 1 aromatic rings. The Labute approximate surface area is 71.5 Å². The zero-order chi connectivity index (χ0) is 8.39. The lowest BCUT2D eigenvalue weighted by atomic mass is 10.2. The third-order valence-electron chi connectivity index (χ3n) is 1.90. The van der Waals surface area contributed by atoms with E-state index in [1.807, 2.05) is 24.3 Å². The molecule has 0 spiro atoms. The first-order valence-corrected chi connectivity index (χ1v) is 4.04. The van der Waals surface area contributed by atoms with Gasteiger partial charge in [-0.25, -0.2) is 0 Å². The van der Waals surface area contributed by atoms with Crippen LogP contribution in [0.25, 0.3) is 0 Å². The third kappa shape index (κ3) is 1.51. The minimum Gasteiger partial charge on any atom is -0.399 e. The van der Waals surface area contributed by atoms with E-state index < -0.39 is 0 Å². The number of anilines is 2. The molecule has 12 heavy (non-hydrogen) atoms. The van der Waals surface area contributed by atoms with Crippen LogP contribution >= 0.6 is 0 Å². The standard InChI is InChI=1S/C9H12N2O/c10-7-2-1-3-8(4-7)11-9-5-12-6-9/h1-4,9,11H,5-6,10H2. The summed E-state index contributed by atoms with van der Waals surface area (Å²) in [5.74, 6) is 0. The summed E-state index contributed by atoms with van der Waals surface area (Å²) in [7, 11) is 0. The van der Waals surface area contributed by atoms with Crippen molar-refractivity contribution in [3.05, 3.63) is 24.3 Å². The maximum atomic E-state index is 5.62. The fourth-order valence-corrected chi connectivity index (χ4v) is 1.18. The molecule has 1 heterocycles. The first kappa shape index (κ1) is 7.43. The van der Waals surface area contributed by atoms with Gasteiger partial charge in [-0.3, -0.25) is 0 Å². The van der Waals surface area contributed by atoms with Crippen LogP contribution in [0.2, 0.25) is 0 Å². The van der Waals surface area contributed by atoms with Crippen LogP contribution in [0, 0.1) is 0 Å². The van der Waals surface area contributed by atoms with Gasteiger partial charge >= 0.3 is 0 Å². The minimum absolute atomic E-state index is 0.465. The number of hydrogen-bond donors (Lipinski definition) is 2. The first-order valence-electron chi connectivity index (χ1n) is 4.04. The van der Waals surface area contributed by atoms with Crippen LogP contribution in [0.4, 0.5) is 11.4 Å². The molecule has 0 bridgehead atoms. The molecular weight excluding hydrogens is 152 g/mol. The van der Waals surface area contributed by atoms with E-state index in [4.69, 9.17) is 10.5 Å². The summed E-state index contributed by atoms with van der Waals surface area (Å²) in [5.41, 5.74) is 7.49. The van der Waals surface area contributed by atoms with Gasteiger partial charge in [0.15, 0.2) is 0 Å². The predicted octanol–water partition coefficient (Wildman–Crippen LogP) is 1.08. The van der Waals surface area contributed by atoms with E-state index in [0.29, 0.717) is 6.04 Å². The fraction of sp³-hybridized carbons (Fsp3) is 0.333. The van der Waals surface area contributed by atoms with Crippen LogP contribution in [0.1, 0.15) is 0 Å². The van der Waals surface area contributed by atoms with Crippen LogP contribution in [-0.2, 0) is 4.74 Å². The van der Waals surface area contributed by atoms with Crippen LogP contribution in [0.3, 0.4) is 0 Å². The summed E-state index contributed by atoms with van der Waals surface area (Å²) >= 11 is 0. The van der Waals surface area contributed by atoms with Crippen LogP contribution < -0.4 is 11.1 Å². The molecule has 0 atom stereocenters. The molecule has 3 nitrogen and oxygen atoms in total. The highest BCUT2D eigenvalue weighted by Crippen LogP contribution is 2.15. The Kier molecular flexibility index (Phi) is 1.87. The molecule has 3 heteroatoms. The zero-order valence-corrected chi connectivity index (χ0v) is 6.79. The SMILES string of the molecule is Nc1cccc(NC2COC2)c1. The van der Waals surface area contributed by atoms with Gasteiger partial charge in [-0.15, -0.1) is 0 Å². The Hall–Kier alpha value is -1.22. The number of ether oxygens (including phenoxy) is 1. The summed E-state index contributed by atoms with van der Waals surface area (Å²) in [6.07, 6.45) is 0. The molecular formula is C9H12N2O. The van der Waals surface area contributed by atoms with E-state index in [-0.39, 0.29) is 0 Å². The van der Waals surface area contributed by atoms with Crippen molar-refractivity contribution in [1.29, 1.82) is 0 Å². The van der Waals surface area contributed by atoms with Gasteiger partial charge in [-0.2, -0.15) is 0 Å². The van der Waals surface area contributed by atoms with Gasteiger partial charge in [0.1, 0.15) is 0 Å². The molecule has 0 aliphatic carbocycles. The van der Waals surface area contributed by atoms with Gasteiger partial charge in [-0.1, -0.05) is 6.07 Å². The summed E-state index contributed by atoms with van der Waals surface area (Å²) in [6.45, 7) is 1.60. The van der Waals surface area contributed by atoms with Crippen molar-refractivity contribution in [2.24, 2.45) is 0 Å². The highest BCUT2D eigenvalue weighted by atomic mass is 16.5. The molecule has 0 saturated carbocycles. The van der Waals surface area contributed by atoms with E-state index >= 15 is 0 Å². The van der Waals surface area contributed by atoms with Crippen LogP contribution in [0.15, 0.2) is 24.3 Å². The Morgan fingerprint density at radius 2 is 2.25 bits per heavy atom. The van der Waals surface area contributed by atoms with Gasteiger partial charge in [0.25, 0.3) is 0 Å². The number of nitrogens with one attached hydrogen (secondary N) is 1. The number of hydrogen-bond acceptors (Lipinski definition) is 3. The quantitative estimate of drug-likeness (QED) is 0.643. The second kappa shape index (κ2) is 3.03. The van der Waals surface area contributed by atoms with E-state index in [0.717, 1.165) is 24.6 Å². The van der Waals surface area contributed by atoms with E-state index in [9.17, 15) is 0 Å². The summed E-state index contributed by atoms with van der Waals surface area (Å²) in [4.78, 5) is 0. The van der Waals surface area contributed by atoms with Crippen molar-refractivity contribution in [2.45, 2.75) is 6.04 Å². The van der Waals surface area contributed by atoms with Crippen molar-refractivity contribution in [1.82, 2.24) is 0 Å². The topological polar surface area (TPSA) is 47.3 Å².